The SMILES string of the molecule is Cc1ccc(-c2ccc3nc(C(C(=O)NCCS(N)(=O)=O)S(C)(=O)=O)sc3c2)nc1. The Morgan fingerprint density at radius 3 is 2.53 bits per heavy atom. The van der Waals surface area contributed by atoms with Gasteiger partial charge in [0.1, 0.15) is 5.01 Å². The summed E-state index contributed by atoms with van der Waals surface area (Å²) in [5.74, 6) is -1.34. The van der Waals surface area contributed by atoms with Gasteiger partial charge in [-0.2, -0.15) is 0 Å². The molecule has 2 heterocycles. The molecule has 30 heavy (non-hydrogen) atoms. The second-order valence-corrected chi connectivity index (χ2v) is 11.7. The Hall–Kier alpha value is -2.41. The van der Waals surface area contributed by atoms with Crippen molar-refractivity contribution >= 4 is 47.3 Å². The van der Waals surface area contributed by atoms with Crippen LogP contribution < -0.4 is 10.5 Å². The first-order valence-electron chi connectivity index (χ1n) is 8.74. The normalized spacial score (nSPS) is 13.3. The van der Waals surface area contributed by atoms with Crippen molar-refractivity contribution in [2.75, 3.05) is 18.6 Å². The van der Waals surface area contributed by atoms with Crippen LogP contribution in [-0.4, -0.2) is 51.3 Å². The summed E-state index contributed by atoms with van der Waals surface area (Å²) in [5.41, 5.74) is 3.19. The van der Waals surface area contributed by atoms with Crippen molar-refractivity contribution in [2.24, 2.45) is 5.14 Å². The Kier molecular flexibility index (Phi) is 6.22. The third-order valence-electron chi connectivity index (χ3n) is 4.19. The van der Waals surface area contributed by atoms with Crippen LogP contribution >= 0.6 is 11.3 Å². The van der Waals surface area contributed by atoms with E-state index in [4.69, 9.17) is 5.14 Å². The molecule has 1 atom stereocenters. The number of amides is 1. The summed E-state index contributed by atoms with van der Waals surface area (Å²) in [6.07, 6.45) is 2.69. The van der Waals surface area contributed by atoms with Gasteiger partial charge < -0.3 is 5.32 Å². The van der Waals surface area contributed by atoms with Gasteiger partial charge in [0.2, 0.25) is 15.9 Å². The van der Waals surface area contributed by atoms with Crippen molar-refractivity contribution in [3.63, 3.8) is 0 Å². The molecular weight excluding hydrogens is 448 g/mol. The number of rotatable bonds is 7. The minimum atomic E-state index is -3.85. The molecule has 0 aliphatic rings. The van der Waals surface area contributed by atoms with E-state index in [1.165, 1.54) is 0 Å². The van der Waals surface area contributed by atoms with Gasteiger partial charge in [0.15, 0.2) is 15.1 Å². The minimum Gasteiger partial charge on any atom is -0.354 e. The molecule has 3 N–H and O–H groups in total. The van der Waals surface area contributed by atoms with Gasteiger partial charge in [-0.1, -0.05) is 12.1 Å². The van der Waals surface area contributed by atoms with Gasteiger partial charge in [0.05, 0.1) is 21.7 Å². The summed E-state index contributed by atoms with van der Waals surface area (Å²) in [5, 5.41) is 5.77. The molecule has 0 saturated heterocycles. The number of aromatic nitrogens is 2. The molecule has 9 nitrogen and oxygen atoms in total. The maximum atomic E-state index is 12.5. The van der Waals surface area contributed by atoms with E-state index < -0.39 is 36.8 Å². The average Bonchev–Trinajstić information content (AvgIpc) is 3.02. The number of carbonyl (C=O) groups is 1. The number of carbonyl (C=O) groups excluding carboxylic acids is 1. The maximum Gasteiger partial charge on any atom is 0.245 e. The molecule has 0 aliphatic heterocycles. The summed E-state index contributed by atoms with van der Waals surface area (Å²) < 4.78 is 47.3. The molecule has 1 amide bonds. The third-order valence-corrected chi connectivity index (χ3v) is 7.49. The van der Waals surface area contributed by atoms with Crippen molar-refractivity contribution in [3.8, 4) is 11.3 Å². The lowest BCUT2D eigenvalue weighted by molar-refractivity contribution is -0.120. The Morgan fingerprint density at radius 2 is 1.93 bits per heavy atom. The molecule has 1 unspecified atom stereocenters. The first kappa shape index (κ1) is 22.3. The van der Waals surface area contributed by atoms with Crippen LogP contribution in [0.15, 0.2) is 36.5 Å². The van der Waals surface area contributed by atoms with Gasteiger partial charge in [-0.3, -0.25) is 9.78 Å². The monoisotopic (exact) mass is 468 g/mol. The molecule has 1 aromatic carbocycles. The number of nitrogens with zero attached hydrogens (tertiary/aromatic N) is 2. The number of nitrogens with one attached hydrogen (secondary N) is 1. The largest absolute Gasteiger partial charge is 0.354 e. The number of pyridine rings is 1. The summed E-state index contributed by atoms with van der Waals surface area (Å²) in [6, 6.07) is 9.23. The number of sulfonamides is 1. The Balaban J connectivity index is 1.93. The van der Waals surface area contributed by atoms with E-state index in [-0.39, 0.29) is 11.6 Å². The van der Waals surface area contributed by atoms with E-state index in [0.29, 0.717) is 10.2 Å². The Bertz CT molecular complexity index is 1300. The molecule has 12 heteroatoms. The van der Waals surface area contributed by atoms with Crippen LogP contribution in [0.4, 0.5) is 0 Å². The molecule has 160 valence electrons. The highest BCUT2D eigenvalue weighted by Gasteiger charge is 2.33. The van der Waals surface area contributed by atoms with E-state index >= 15 is 0 Å². The quantitative estimate of drug-likeness (QED) is 0.528. The summed E-state index contributed by atoms with van der Waals surface area (Å²) in [6.45, 7) is 1.65. The van der Waals surface area contributed by atoms with Crippen molar-refractivity contribution in [3.05, 3.63) is 47.1 Å². The van der Waals surface area contributed by atoms with Crippen molar-refractivity contribution < 1.29 is 21.6 Å². The molecule has 0 fully saturated rings. The van der Waals surface area contributed by atoms with E-state index in [2.05, 4.69) is 15.3 Å². The zero-order valence-electron chi connectivity index (χ0n) is 16.2. The van der Waals surface area contributed by atoms with Crippen LogP contribution in [0.25, 0.3) is 21.5 Å². The van der Waals surface area contributed by atoms with Crippen molar-refractivity contribution in [1.29, 1.82) is 0 Å². The number of benzene rings is 1. The third kappa shape index (κ3) is 5.39. The molecule has 2 aromatic heterocycles. The molecule has 0 spiro atoms. The lowest BCUT2D eigenvalue weighted by atomic mass is 10.1. The lowest BCUT2D eigenvalue weighted by Gasteiger charge is -2.12. The van der Waals surface area contributed by atoms with E-state index in [1.54, 1.807) is 12.3 Å². The molecule has 0 saturated carbocycles. The highest BCUT2D eigenvalue weighted by atomic mass is 32.2. The second-order valence-electron chi connectivity index (χ2n) is 6.82. The number of aryl methyl sites for hydroxylation is 1. The fourth-order valence-corrected chi connectivity index (χ4v) is 5.69. The highest BCUT2D eigenvalue weighted by Crippen LogP contribution is 2.33. The van der Waals surface area contributed by atoms with E-state index in [1.807, 2.05) is 31.2 Å². The van der Waals surface area contributed by atoms with Crippen LogP contribution in [0, 0.1) is 6.92 Å². The zero-order valence-corrected chi connectivity index (χ0v) is 18.6. The Labute approximate surface area is 178 Å². The van der Waals surface area contributed by atoms with Crippen molar-refractivity contribution in [1.82, 2.24) is 15.3 Å². The van der Waals surface area contributed by atoms with Gasteiger partial charge >= 0.3 is 0 Å². The molecule has 3 rings (SSSR count). The number of hydrogen-bond donors (Lipinski definition) is 2. The number of thiazole rings is 1. The summed E-state index contributed by atoms with van der Waals surface area (Å²) in [4.78, 5) is 21.2. The number of primary sulfonamides is 1. The first-order valence-corrected chi connectivity index (χ1v) is 13.2. The van der Waals surface area contributed by atoms with Gasteiger partial charge in [-0.05, 0) is 30.7 Å². The second kappa shape index (κ2) is 8.38. The van der Waals surface area contributed by atoms with Gasteiger partial charge in [0, 0.05) is 24.6 Å². The number of fused-ring (bicyclic) bond motifs is 1. The average molecular weight is 469 g/mol. The topological polar surface area (TPSA) is 149 Å². The molecular formula is C18H20N4O5S3. The fourth-order valence-electron chi connectivity index (χ4n) is 2.75. The van der Waals surface area contributed by atoms with Crippen LogP contribution in [0.1, 0.15) is 15.8 Å². The number of nitrogens with two attached hydrogens (primary N) is 1. The Morgan fingerprint density at radius 1 is 1.20 bits per heavy atom. The smallest absolute Gasteiger partial charge is 0.245 e. The first-order chi connectivity index (χ1) is 13.9. The highest BCUT2D eigenvalue weighted by molar-refractivity contribution is 7.91. The molecule has 0 bridgehead atoms. The predicted molar refractivity (Wildman–Crippen MR) is 116 cm³/mol. The van der Waals surface area contributed by atoms with Crippen molar-refractivity contribution in [2.45, 2.75) is 12.2 Å². The van der Waals surface area contributed by atoms with Gasteiger partial charge in [0.25, 0.3) is 0 Å². The predicted octanol–water partition coefficient (Wildman–Crippen LogP) is 1.16. The van der Waals surface area contributed by atoms with Gasteiger partial charge in [-0.15, -0.1) is 11.3 Å². The molecule has 3 aromatic rings. The van der Waals surface area contributed by atoms with Crippen LogP contribution in [0.2, 0.25) is 0 Å². The maximum absolute atomic E-state index is 12.5. The summed E-state index contributed by atoms with van der Waals surface area (Å²) in [7, 11) is -7.64. The summed E-state index contributed by atoms with van der Waals surface area (Å²) >= 11 is 1.09. The number of hydrogen-bond acceptors (Lipinski definition) is 8. The van der Waals surface area contributed by atoms with Gasteiger partial charge in [-0.25, -0.2) is 27.0 Å². The lowest BCUT2D eigenvalue weighted by Crippen LogP contribution is -2.37. The van der Waals surface area contributed by atoms with E-state index in [9.17, 15) is 21.6 Å². The van der Waals surface area contributed by atoms with Crippen LogP contribution in [0.5, 0.6) is 0 Å². The standard InChI is InChI=1S/C18H20N4O5S3/c1-11-3-5-13(21-10-11)12-4-6-14-15(9-12)28-18(22-14)16(29(2,24)25)17(23)20-7-8-30(19,26)27/h3-6,9-10,16H,7-8H2,1-2H3,(H,20,23)(H2,19,26,27). The molecule has 0 aliphatic carbocycles. The van der Waals surface area contributed by atoms with E-state index in [0.717, 1.165) is 34.4 Å². The zero-order chi connectivity index (χ0) is 22.1. The van der Waals surface area contributed by atoms with Crippen LogP contribution in [-0.2, 0) is 24.7 Å². The molecule has 0 radical (unpaired) electrons. The fraction of sp³-hybridized carbons (Fsp3) is 0.278. The van der Waals surface area contributed by atoms with Crippen LogP contribution in [0.3, 0.4) is 0 Å². The number of sulfone groups is 1. The minimum absolute atomic E-state index is 0.106.